The van der Waals surface area contributed by atoms with Crippen molar-refractivity contribution in [2.24, 2.45) is 5.92 Å². The number of halogens is 1. The van der Waals surface area contributed by atoms with E-state index in [1.807, 2.05) is 11.9 Å². The Balaban J connectivity index is 0.00000128. The molecule has 3 nitrogen and oxygen atoms in total. The standard InChI is InChI=1S/C12H22N2O.ClH/c1-9-8-10(6-7-13-9)12(15)14(2)11-4-3-5-11;/h9-11,13H,3-8H2,1-2H3;1H/t9-,10-;/m0./s1. The molecule has 0 radical (unpaired) electrons. The van der Waals surface area contributed by atoms with Crippen molar-refractivity contribution < 1.29 is 4.79 Å². The number of piperidine rings is 1. The molecule has 0 aromatic carbocycles. The van der Waals surface area contributed by atoms with Crippen LogP contribution >= 0.6 is 12.4 Å². The van der Waals surface area contributed by atoms with Crippen LogP contribution in [0.2, 0.25) is 0 Å². The van der Waals surface area contributed by atoms with Gasteiger partial charge < -0.3 is 10.2 Å². The summed E-state index contributed by atoms with van der Waals surface area (Å²) in [5, 5.41) is 3.39. The molecule has 16 heavy (non-hydrogen) atoms. The fraction of sp³-hybridized carbons (Fsp3) is 0.917. The molecule has 1 saturated heterocycles. The maximum absolute atomic E-state index is 12.2. The number of hydrogen-bond donors (Lipinski definition) is 1. The molecule has 1 aliphatic carbocycles. The van der Waals surface area contributed by atoms with Gasteiger partial charge in [0.05, 0.1) is 0 Å². The lowest BCUT2D eigenvalue weighted by atomic mass is 9.88. The Hall–Kier alpha value is -0.280. The summed E-state index contributed by atoms with van der Waals surface area (Å²) >= 11 is 0. The summed E-state index contributed by atoms with van der Waals surface area (Å²) in [5.41, 5.74) is 0. The van der Waals surface area contributed by atoms with E-state index in [1.165, 1.54) is 19.3 Å². The van der Waals surface area contributed by atoms with Crippen LogP contribution in [0, 0.1) is 5.92 Å². The summed E-state index contributed by atoms with van der Waals surface area (Å²) in [5.74, 6) is 0.653. The van der Waals surface area contributed by atoms with Gasteiger partial charge in [0, 0.05) is 25.0 Å². The van der Waals surface area contributed by atoms with Gasteiger partial charge in [-0.1, -0.05) is 0 Å². The van der Waals surface area contributed by atoms with Gasteiger partial charge in [0.1, 0.15) is 0 Å². The molecule has 0 spiro atoms. The van der Waals surface area contributed by atoms with Gasteiger partial charge in [0.25, 0.3) is 0 Å². The van der Waals surface area contributed by atoms with Gasteiger partial charge in [-0.2, -0.15) is 0 Å². The van der Waals surface area contributed by atoms with E-state index in [2.05, 4.69) is 12.2 Å². The van der Waals surface area contributed by atoms with E-state index >= 15 is 0 Å². The minimum absolute atomic E-state index is 0. The minimum Gasteiger partial charge on any atom is -0.343 e. The van der Waals surface area contributed by atoms with Crippen molar-refractivity contribution in [2.45, 2.75) is 51.1 Å². The number of nitrogens with zero attached hydrogens (tertiary/aromatic N) is 1. The highest BCUT2D eigenvalue weighted by Gasteiger charge is 2.32. The monoisotopic (exact) mass is 246 g/mol. The Bertz CT molecular complexity index is 243. The summed E-state index contributed by atoms with van der Waals surface area (Å²) in [4.78, 5) is 14.2. The second kappa shape index (κ2) is 5.87. The van der Waals surface area contributed by atoms with Crippen LogP contribution in [-0.2, 0) is 4.79 Å². The molecule has 1 heterocycles. The molecule has 0 aromatic rings. The van der Waals surface area contributed by atoms with E-state index in [1.54, 1.807) is 0 Å². The van der Waals surface area contributed by atoms with Gasteiger partial charge in [0.2, 0.25) is 5.91 Å². The summed E-state index contributed by atoms with van der Waals surface area (Å²) in [6.07, 6.45) is 5.74. The quantitative estimate of drug-likeness (QED) is 0.806. The van der Waals surface area contributed by atoms with Crippen LogP contribution in [-0.4, -0.2) is 36.5 Å². The fourth-order valence-corrected chi connectivity index (χ4v) is 2.60. The molecule has 94 valence electrons. The maximum Gasteiger partial charge on any atom is 0.225 e. The van der Waals surface area contributed by atoms with Gasteiger partial charge in [0.15, 0.2) is 0 Å². The number of nitrogens with one attached hydrogen (secondary N) is 1. The first-order valence-electron chi connectivity index (χ1n) is 6.18. The molecular formula is C12H23ClN2O. The summed E-state index contributed by atoms with van der Waals surface area (Å²) < 4.78 is 0. The van der Waals surface area contributed by atoms with Gasteiger partial charge >= 0.3 is 0 Å². The molecule has 1 saturated carbocycles. The van der Waals surface area contributed by atoms with E-state index < -0.39 is 0 Å². The van der Waals surface area contributed by atoms with Crippen molar-refractivity contribution in [1.29, 1.82) is 0 Å². The van der Waals surface area contributed by atoms with Crippen LogP contribution in [0.25, 0.3) is 0 Å². The van der Waals surface area contributed by atoms with Crippen LogP contribution in [0.1, 0.15) is 39.0 Å². The topological polar surface area (TPSA) is 32.3 Å². The number of carbonyl (C=O) groups is 1. The van der Waals surface area contributed by atoms with E-state index in [0.29, 0.717) is 18.0 Å². The van der Waals surface area contributed by atoms with Crippen molar-refractivity contribution in [3.63, 3.8) is 0 Å². The second-order valence-corrected chi connectivity index (χ2v) is 5.11. The zero-order valence-corrected chi connectivity index (χ0v) is 11.1. The molecule has 0 unspecified atom stereocenters. The van der Waals surface area contributed by atoms with Gasteiger partial charge in [-0.05, 0) is 45.6 Å². The average molecular weight is 247 g/mol. The molecule has 1 N–H and O–H groups in total. The predicted molar refractivity (Wildman–Crippen MR) is 67.8 cm³/mol. The molecule has 0 aromatic heterocycles. The number of carbonyl (C=O) groups excluding carboxylic acids is 1. The van der Waals surface area contributed by atoms with E-state index in [4.69, 9.17) is 0 Å². The van der Waals surface area contributed by atoms with E-state index in [0.717, 1.165) is 19.4 Å². The SMILES string of the molecule is C[C@H]1C[C@@H](C(=O)N(C)C2CCC2)CCN1.Cl. The van der Waals surface area contributed by atoms with Crippen molar-refractivity contribution in [3.8, 4) is 0 Å². The summed E-state index contributed by atoms with van der Waals surface area (Å²) in [7, 11) is 1.98. The first-order valence-corrected chi connectivity index (χ1v) is 6.18. The molecular weight excluding hydrogens is 224 g/mol. The Morgan fingerprint density at radius 1 is 1.31 bits per heavy atom. The molecule has 2 fully saturated rings. The van der Waals surface area contributed by atoms with E-state index in [9.17, 15) is 4.79 Å². The van der Waals surface area contributed by atoms with Crippen molar-refractivity contribution in [1.82, 2.24) is 10.2 Å². The van der Waals surface area contributed by atoms with Crippen molar-refractivity contribution >= 4 is 18.3 Å². The lowest BCUT2D eigenvalue weighted by Gasteiger charge is -2.38. The molecule has 1 aliphatic heterocycles. The van der Waals surface area contributed by atoms with Crippen LogP contribution in [0.15, 0.2) is 0 Å². The Labute approximate surface area is 104 Å². The minimum atomic E-state index is 0. The lowest BCUT2D eigenvalue weighted by molar-refractivity contribution is -0.139. The Morgan fingerprint density at radius 2 is 2.00 bits per heavy atom. The van der Waals surface area contributed by atoms with Crippen LogP contribution in [0.5, 0.6) is 0 Å². The molecule has 1 amide bonds. The van der Waals surface area contributed by atoms with Crippen LogP contribution in [0.3, 0.4) is 0 Å². The highest BCUT2D eigenvalue weighted by molar-refractivity contribution is 5.85. The Morgan fingerprint density at radius 3 is 2.50 bits per heavy atom. The van der Waals surface area contributed by atoms with Crippen LogP contribution < -0.4 is 5.32 Å². The molecule has 4 heteroatoms. The van der Waals surface area contributed by atoms with E-state index in [-0.39, 0.29) is 18.3 Å². The first kappa shape index (κ1) is 13.8. The van der Waals surface area contributed by atoms with Gasteiger partial charge in [-0.15, -0.1) is 12.4 Å². The molecule has 2 rings (SSSR count). The fourth-order valence-electron chi connectivity index (χ4n) is 2.60. The first-order chi connectivity index (χ1) is 7.18. The summed E-state index contributed by atoms with van der Waals surface area (Å²) in [6, 6.07) is 1.05. The van der Waals surface area contributed by atoms with Gasteiger partial charge in [-0.3, -0.25) is 4.79 Å². The normalized spacial score (nSPS) is 30.1. The average Bonchev–Trinajstić information content (AvgIpc) is 2.14. The number of rotatable bonds is 2. The molecule has 0 bridgehead atoms. The molecule has 2 atom stereocenters. The largest absolute Gasteiger partial charge is 0.343 e. The van der Waals surface area contributed by atoms with Crippen molar-refractivity contribution in [3.05, 3.63) is 0 Å². The highest BCUT2D eigenvalue weighted by Crippen LogP contribution is 2.27. The number of hydrogen-bond acceptors (Lipinski definition) is 2. The second-order valence-electron chi connectivity index (χ2n) is 5.11. The third kappa shape index (κ3) is 2.89. The zero-order valence-electron chi connectivity index (χ0n) is 10.2. The maximum atomic E-state index is 12.2. The van der Waals surface area contributed by atoms with Crippen molar-refractivity contribution in [2.75, 3.05) is 13.6 Å². The third-order valence-corrected chi connectivity index (χ3v) is 3.94. The molecule has 2 aliphatic rings. The third-order valence-electron chi connectivity index (χ3n) is 3.94. The lowest BCUT2D eigenvalue weighted by Crippen LogP contribution is -2.48. The van der Waals surface area contributed by atoms with Gasteiger partial charge in [-0.25, -0.2) is 0 Å². The van der Waals surface area contributed by atoms with Crippen LogP contribution in [0.4, 0.5) is 0 Å². The zero-order chi connectivity index (χ0) is 10.8. The highest BCUT2D eigenvalue weighted by atomic mass is 35.5. The summed E-state index contributed by atoms with van der Waals surface area (Å²) in [6.45, 7) is 3.17. The smallest absolute Gasteiger partial charge is 0.225 e. The Kier molecular flexibility index (Phi) is 5.06. The predicted octanol–water partition coefficient (Wildman–Crippen LogP) is 1.81. The number of amides is 1.